The summed E-state index contributed by atoms with van der Waals surface area (Å²) in [6, 6.07) is 10.7. The molecule has 0 spiro atoms. The van der Waals surface area contributed by atoms with Crippen LogP contribution in [-0.2, 0) is 0 Å². The number of anilines is 1. The number of rotatable bonds is 1. The molecule has 3 atom stereocenters. The van der Waals surface area contributed by atoms with E-state index in [1.54, 1.807) is 0 Å². The number of benzene rings is 1. The highest BCUT2D eigenvalue weighted by atomic mass is 15.3. The van der Waals surface area contributed by atoms with Crippen LogP contribution in [-0.4, -0.2) is 36.6 Å². The first-order chi connectivity index (χ1) is 9.00. The Balaban J connectivity index is 0.000000861. The summed E-state index contributed by atoms with van der Waals surface area (Å²) in [5.74, 6) is 0. The summed E-state index contributed by atoms with van der Waals surface area (Å²) in [4.78, 5) is 5.02. The molecule has 1 fully saturated rings. The van der Waals surface area contributed by atoms with Gasteiger partial charge in [-0.05, 0) is 46.9 Å². The van der Waals surface area contributed by atoms with Crippen LogP contribution in [0.5, 0.6) is 0 Å². The molecule has 108 valence electrons. The zero-order chi connectivity index (χ0) is 14.6. The third-order valence-corrected chi connectivity index (χ3v) is 4.35. The summed E-state index contributed by atoms with van der Waals surface area (Å²) < 4.78 is 0. The highest BCUT2D eigenvalue weighted by Crippen LogP contribution is 2.26. The van der Waals surface area contributed by atoms with E-state index in [0.29, 0.717) is 18.1 Å². The van der Waals surface area contributed by atoms with E-state index in [9.17, 15) is 0 Å². The predicted molar refractivity (Wildman–Crippen MR) is 86.0 cm³/mol. The fourth-order valence-electron chi connectivity index (χ4n) is 2.66. The first kappa shape index (κ1) is 16.0. The van der Waals surface area contributed by atoms with Crippen molar-refractivity contribution in [3.8, 4) is 0 Å². The third kappa shape index (κ3) is 3.50. The number of aryl methyl sites for hydroxylation is 1. The zero-order valence-corrected chi connectivity index (χ0v) is 13.6. The molecule has 0 aliphatic carbocycles. The van der Waals surface area contributed by atoms with E-state index < -0.39 is 0 Å². The summed E-state index contributed by atoms with van der Waals surface area (Å²) in [6.07, 6.45) is 0. The first-order valence-corrected chi connectivity index (χ1v) is 7.56. The topological polar surface area (TPSA) is 6.48 Å². The van der Waals surface area contributed by atoms with Crippen LogP contribution < -0.4 is 4.90 Å². The second-order valence-corrected chi connectivity index (χ2v) is 5.48. The van der Waals surface area contributed by atoms with Gasteiger partial charge in [-0.25, -0.2) is 0 Å². The van der Waals surface area contributed by atoms with Crippen LogP contribution in [0, 0.1) is 6.92 Å². The molecule has 1 aromatic carbocycles. The molecule has 0 N–H and O–H groups in total. The second kappa shape index (κ2) is 6.95. The molecular formula is C17H30N2. The molecule has 0 radical (unpaired) electrons. The Morgan fingerprint density at radius 1 is 0.947 bits per heavy atom. The average Bonchev–Trinajstić information content (AvgIpc) is 2.44. The standard InChI is InChI=1S/C15H24N2.C2H6/c1-11-6-8-15(9-7-11)17-10-12(2)16(5)13(3)14(17)4;1-2/h6-9,12-14H,10H2,1-5H3;1-2H3. The lowest BCUT2D eigenvalue weighted by atomic mass is 10.0. The maximum Gasteiger partial charge on any atom is 0.0415 e. The summed E-state index contributed by atoms with van der Waals surface area (Å²) >= 11 is 0. The highest BCUT2D eigenvalue weighted by Gasteiger charge is 2.32. The van der Waals surface area contributed by atoms with E-state index in [-0.39, 0.29) is 0 Å². The third-order valence-electron chi connectivity index (χ3n) is 4.35. The Morgan fingerprint density at radius 3 is 2.00 bits per heavy atom. The van der Waals surface area contributed by atoms with Crippen molar-refractivity contribution in [2.45, 2.75) is 59.7 Å². The van der Waals surface area contributed by atoms with Gasteiger partial charge in [-0.15, -0.1) is 0 Å². The smallest absolute Gasteiger partial charge is 0.0415 e. The predicted octanol–water partition coefficient (Wildman–Crippen LogP) is 3.94. The Morgan fingerprint density at radius 2 is 1.47 bits per heavy atom. The Kier molecular flexibility index (Phi) is 5.86. The lowest BCUT2D eigenvalue weighted by molar-refractivity contribution is 0.139. The molecule has 1 aliphatic heterocycles. The van der Waals surface area contributed by atoms with Gasteiger partial charge in [0, 0.05) is 30.4 Å². The molecule has 19 heavy (non-hydrogen) atoms. The lowest BCUT2D eigenvalue weighted by Crippen LogP contribution is -2.60. The van der Waals surface area contributed by atoms with Gasteiger partial charge in [0.1, 0.15) is 0 Å². The summed E-state index contributed by atoms with van der Waals surface area (Å²) in [5, 5.41) is 0. The SMILES string of the molecule is CC.Cc1ccc(N2CC(C)N(C)C(C)C2C)cc1. The van der Waals surface area contributed by atoms with Crippen LogP contribution >= 0.6 is 0 Å². The van der Waals surface area contributed by atoms with Gasteiger partial charge >= 0.3 is 0 Å². The molecule has 2 heteroatoms. The van der Waals surface area contributed by atoms with Crippen molar-refractivity contribution in [3.05, 3.63) is 29.8 Å². The number of piperazine rings is 1. The molecule has 1 saturated heterocycles. The molecule has 1 aliphatic rings. The summed E-state index contributed by atoms with van der Waals surface area (Å²) in [7, 11) is 2.23. The largest absolute Gasteiger partial charge is 0.366 e. The highest BCUT2D eigenvalue weighted by molar-refractivity contribution is 5.49. The quantitative estimate of drug-likeness (QED) is 0.756. The van der Waals surface area contributed by atoms with Gasteiger partial charge in [0.2, 0.25) is 0 Å². The summed E-state index contributed by atoms with van der Waals surface area (Å²) in [6.45, 7) is 14.2. The van der Waals surface area contributed by atoms with Crippen LogP contribution in [0.25, 0.3) is 0 Å². The Labute approximate surface area is 119 Å². The normalized spacial score (nSPS) is 27.7. The molecule has 0 saturated carbocycles. The first-order valence-electron chi connectivity index (χ1n) is 7.56. The molecule has 2 rings (SSSR count). The van der Waals surface area contributed by atoms with Crippen molar-refractivity contribution < 1.29 is 0 Å². The van der Waals surface area contributed by atoms with Crippen molar-refractivity contribution in [2.75, 3.05) is 18.5 Å². The van der Waals surface area contributed by atoms with Crippen LogP contribution in [0.1, 0.15) is 40.2 Å². The maximum atomic E-state index is 2.54. The van der Waals surface area contributed by atoms with Crippen molar-refractivity contribution in [3.63, 3.8) is 0 Å². The molecule has 0 aromatic heterocycles. The maximum absolute atomic E-state index is 2.54. The van der Waals surface area contributed by atoms with Crippen molar-refractivity contribution >= 4 is 5.69 Å². The Hall–Kier alpha value is -1.02. The monoisotopic (exact) mass is 262 g/mol. The van der Waals surface area contributed by atoms with Gasteiger partial charge in [0.05, 0.1) is 0 Å². The van der Waals surface area contributed by atoms with Crippen LogP contribution in [0.4, 0.5) is 5.69 Å². The van der Waals surface area contributed by atoms with E-state index in [2.05, 4.69) is 68.8 Å². The van der Waals surface area contributed by atoms with Gasteiger partial charge in [-0.3, -0.25) is 4.90 Å². The number of nitrogens with zero attached hydrogens (tertiary/aromatic N) is 2. The van der Waals surface area contributed by atoms with Crippen molar-refractivity contribution in [1.29, 1.82) is 0 Å². The van der Waals surface area contributed by atoms with Gasteiger partial charge in [-0.1, -0.05) is 31.5 Å². The molecule has 1 aromatic rings. The Bertz CT molecular complexity index is 371. The zero-order valence-electron chi connectivity index (χ0n) is 13.6. The van der Waals surface area contributed by atoms with E-state index in [1.807, 2.05) is 13.8 Å². The average molecular weight is 262 g/mol. The lowest BCUT2D eigenvalue weighted by Gasteiger charge is -2.48. The summed E-state index contributed by atoms with van der Waals surface area (Å²) in [5.41, 5.74) is 2.69. The fraction of sp³-hybridized carbons (Fsp3) is 0.647. The van der Waals surface area contributed by atoms with Crippen molar-refractivity contribution in [1.82, 2.24) is 4.90 Å². The minimum atomic E-state index is 0.568. The number of likely N-dealkylation sites (N-methyl/N-ethyl adjacent to an activating group) is 1. The van der Waals surface area contributed by atoms with E-state index in [0.717, 1.165) is 6.54 Å². The van der Waals surface area contributed by atoms with E-state index in [1.165, 1.54) is 11.3 Å². The van der Waals surface area contributed by atoms with E-state index >= 15 is 0 Å². The van der Waals surface area contributed by atoms with Gasteiger partial charge in [0.15, 0.2) is 0 Å². The molecular weight excluding hydrogens is 232 g/mol. The van der Waals surface area contributed by atoms with Gasteiger partial charge < -0.3 is 4.90 Å². The molecule has 0 amide bonds. The van der Waals surface area contributed by atoms with Crippen LogP contribution in [0.2, 0.25) is 0 Å². The van der Waals surface area contributed by atoms with E-state index in [4.69, 9.17) is 0 Å². The molecule has 0 bridgehead atoms. The molecule has 3 unspecified atom stereocenters. The number of hydrogen-bond donors (Lipinski definition) is 0. The fourth-order valence-corrected chi connectivity index (χ4v) is 2.66. The molecule has 2 nitrogen and oxygen atoms in total. The minimum absolute atomic E-state index is 0.568. The van der Waals surface area contributed by atoms with Gasteiger partial charge in [-0.2, -0.15) is 0 Å². The minimum Gasteiger partial charge on any atom is -0.366 e. The second-order valence-electron chi connectivity index (χ2n) is 5.48. The van der Waals surface area contributed by atoms with Crippen molar-refractivity contribution in [2.24, 2.45) is 0 Å². The van der Waals surface area contributed by atoms with Crippen LogP contribution in [0.3, 0.4) is 0 Å². The van der Waals surface area contributed by atoms with Gasteiger partial charge in [0.25, 0.3) is 0 Å². The van der Waals surface area contributed by atoms with Crippen LogP contribution in [0.15, 0.2) is 24.3 Å². The number of hydrogen-bond acceptors (Lipinski definition) is 2. The molecule has 1 heterocycles.